The fourth-order valence-corrected chi connectivity index (χ4v) is 4.27. The topological polar surface area (TPSA) is 3.24 Å². The summed E-state index contributed by atoms with van der Waals surface area (Å²) in [5.74, 6) is 0.704. The Hall–Kier alpha value is -0.0200. The summed E-state index contributed by atoms with van der Waals surface area (Å²) in [6, 6.07) is 7.54. The quantitative estimate of drug-likeness (QED) is 0.580. The summed E-state index contributed by atoms with van der Waals surface area (Å²) in [7, 11) is 0. The van der Waals surface area contributed by atoms with Crippen molar-refractivity contribution in [1.29, 1.82) is 0 Å². The Kier molecular flexibility index (Phi) is 5.76. The zero-order valence-corrected chi connectivity index (χ0v) is 15.0. The van der Waals surface area contributed by atoms with Gasteiger partial charge in [-0.1, -0.05) is 64.6 Å². The smallest absolute Gasteiger partial charge is 0.0380 e. The predicted molar refractivity (Wildman–Crippen MR) is 91.2 cm³/mol. The molecule has 0 saturated heterocycles. The molecule has 1 saturated carbocycles. The van der Waals surface area contributed by atoms with Gasteiger partial charge in [-0.15, -0.1) is 0 Å². The van der Waals surface area contributed by atoms with Crippen molar-refractivity contribution in [3.05, 3.63) is 28.2 Å². The van der Waals surface area contributed by atoms with Gasteiger partial charge in [-0.2, -0.15) is 0 Å². The normalized spacial score (nSPS) is 16.3. The van der Waals surface area contributed by atoms with Gasteiger partial charge in [-0.3, -0.25) is 0 Å². The molecule has 1 aromatic carbocycles. The maximum absolute atomic E-state index is 3.69. The summed E-state index contributed by atoms with van der Waals surface area (Å²) in [5.41, 5.74) is 2.69. The number of alkyl halides is 1. The molecular formula is C16H23Br2N. The van der Waals surface area contributed by atoms with Crippen molar-refractivity contribution < 1.29 is 0 Å². The Bertz CT molecular complexity index is 411. The van der Waals surface area contributed by atoms with Crippen LogP contribution in [0.2, 0.25) is 0 Å². The molecule has 0 amide bonds. The highest BCUT2D eigenvalue weighted by molar-refractivity contribution is 9.10. The first-order valence-electron chi connectivity index (χ1n) is 7.23. The molecule has 0 bridgehead atoms. The molecule has 0 aliphatic heterocycles. The monoisotopic (exact) mass is 387 g/mol. The Labute approximate surface area is 134 Å². The van der Waals surface area contributed by atoms with Crippen LogP contribution in [0.3, 0.4) is 0 Å². The van der Waals surface area contributed by atoms with Crippen LogP contribution in [0.5, 0.6) is 0 Å². The number of anilines is 1. The summed E-state index contributed by atoms with van der Waals surface area (Å²) in [4.78, 5) is 2.63. The van der Waals surface area contributed by atoms with E-state index in [1.165, 1.54) is 41.4 Å². The lowest BCUT2D eigenvalue weighted by Gasteiger charge is -2.33. The second-order valence-corrected chi connectivity index (χ2v) is 7.31. The molecule has 1 aromatic rings. The Balaban J connectivity index is 2.23. The molecule has 1 aliphatic carbocycles. The third-order valence-electron chi connectivity index (χ3n) is 3.84. The Morgan fingerprint density at radius 2 is 1.95 bits per heavy atom. The predicted octanol–water partition coefficient (Wildman–Crippen LogP) is 5.75. The van der Waals surface area contributed by atoms with E-state index in [0.717, 1.165) is 17.9 Å². The summed E-state index contributed by atoms with van der Waals surface area (Å²) >= 11 is 7.23. The van der Waals surface area contributed by atoms with Crippen LogP contribution >= 0.6 is 31.9 Å². The van der Waals surface area contributed by atoms with Crippen LogP contribution in [0, 0.1) is 5.92 Å². The number of hydrogen-bond donors (Lipinski definition) is 0. The van der Waals surface area contributed by atoms with Crippen molar-refractivity contribution in [3.63, 3.8) is 0 Å². The first kappa shape index (κ1) is 15.4. The standard InChI is InChI=1S/C16H23Br2N/c1-12(2)11-19(14-5-3-4-6-14)15-8-7-13(10-17)16(18)9-15/h7-9,12,14H,3-6,10-11H2,1-2H3. The van der Waals surface area contributed by atoms with Gasteiger partial charge < -0.3 is 4.90 Å². The second-order valence-electron chi connectivity index (χ2n) is 5.89. The summed E-state index contributed by atoms with van der Waals surface area (Å²) in [6.45, 7) is 5.78. The van der Waals surface area contributed by atoms with Gasteiger partial charge in [0.1, 0.15) is 0 Å². The van der Waals surface area contributed by atoms with E-state index >= 15 is 0 Å². The van der Waals surface area contributed by atoms with E-state index in [0.29, 0.717) is 5.92 Å². The summed E-state index contributed by atoms with van der Waals surface area (Å²) in [5, 5.41) is 0.904. The highest BCUT2D eigenvalue weighted by atomic mass is 79.9. The fourth-order valence-electron chi connectivity index (χ4n) is 2.90. The van der Waals surface area contributed by atoms with Crippen LogP contribution in [0.1, 0.15) is 45.1 Å². The van der Waals surface area contributed by atoms with Gasteiger partial charge >= 0.3 is 0 Å². The first-order chi connectivity index (χ1) is 9.11. The molecule has 106 valence electrons. The van der Waals surface area contributed by atoms with Crippen LogP contribution in [0.4, 0.5) is 5.69 Å². The molecule has 3 heteroatoms. The molecule has 0 atom stereocenters. The van der Waals surface area contributed by atoms with E-state index in [9.17, 15) is 0 Å². The molecule has 1 fully saturated rings. The van der Waals surface area contributed by atoms with Gasteiger partial charge in [-0.05, 0) is 36.5 Å². The van der Waals surface area contributed by atoms with Gasteiger partial charge in [0.2, 0.25) is 0 Å². The minimum absolute atomic E-state index is 0.704. The fraction of sp³-hybridized carbons (Fsp3) is 0.625. The van der Waals surface area contributed by atoms with E-state index in [1.54, 1.807) is 0 Å². The van der Waals surface area contributed by atoms with Gasteiger partial charge in [0, 0.05) is 28.1 Å². The van der Waals surface area contributed by atoms with Gasteiger partial charge in [0.05, 0.1) is 0 Å². The molecule has 2 rings (SSSR count). The maximum Gasteiger partial charge on any atom is 0.0380 e. The molecular weight excluding hydrogens is 366 g/mol. The molecule has 19 heavy (non-hydrogen) atoms. The number of halogens is 2. The molecule has 1 nitrogen and oxygen atoms in total. The van der Waals surface area contributed by atoms with E-state index in [1.807, 2.05) is 0 Å². The zero-order valence-electron chi connectivity index (χ0n) is 11.8. The molecule has 0 aromatic heterocycles. The Morgan fingerprint density at radius 1 is 1.26 bits per heavy atom. The number of rotatable bonds is 5. The van der Waals surface area contributed by atoms with E-state index in [-0.39, 0.29) is 0 Å². The van der Waals surface area contributed by atoms with Crippen LogP contribution < -0.4 is 4.90 Å². The molecule has 1 aliphatic rings. The lowest BCUT2D eigenvalue weighted by Crippen LogP contribution is -2.36. The van der Waals surface area contributed by atoms with E-state index < -0.39 is 0 Å². The van der Waals surface area contributed by atoms with Crippen molar-refractivity contribution in [2.45, 2.75) is 50.9 Å². The number of hydrogen-bond acceptors (Lipinski definition) is 1. The maximum atomic E-state index is 3.69. The van der Waals surface area contributed by atoms with Gasteiger partial charge in [0.25, 0.3) is 0 Å². The SMILES string of the molecule is CC(C)CN(c1ccc(CBr)c(Br)c1)C1CCCC1. The van der Waals surface area contributed by atoms with Crippen LogP contribution in [-0.2, 0) is 5.33 Å². The highest BCUT2D eigenvalue weighted by Gasteiger charge is 2.23. The summed E-state index contributed by atoms with van der Waals surface area (Å²) in [6.07, 6.45) is 5.48. The highest BCUT2D eigenvalue weighted by Crippen LogP contribution is 2.32. The first-order valence-corrected chi connectivity index (χ1v) is 9.14. The van der Waals surface area contributed by atoms with Crippen LogP contribution in [-0.4, -0.2) is 12.6 Å². The number of nitrogens with zero attached hydrogens (tertiary/aromatic N) is 1. The summed E-state index contributed by atoms with van der Waals surface area (Å²) < 4.78 is 1.22. The Morgan fingerprint density at radius 3 is 2.47 bits per heavy atom. The largest absolute Gasteiger partial charge is 0.368 e. The molecule has 0 N–H and O–H groups in total. The average Bonchev–Trinajstić information content (AvgIpc) is 2.89. The molecule has 0 unspecified atom stereocenters. The lowest BCUT2D eigenvalue weighted by atomic mass is 10.1. The average molecular weight is 389 g/mol. The van der Waals surface area contributed by atoms with Gasteiger partial charge in [0.15, 0.2) is 0 Å². The third-order valence-corrected chi connectivity index (χ3v) is 5.18. The van der Waals surface area contributed by atoms with Crippen molar-refractivity contribution >= 4 is 37.5 Å². The zero-order chi connectivity index (χ0) is 13.8. The molecule has 0 radical (unpaired) electrons. The van der Waals surface area contributed by atoms with Gasteiger partial charge in [-0.25, -0.2) is 0 Å². The third kappa shape index (κ3) is 3.98. The van der Waals surface area contributed by atoms with Crippen LogP contribution in [0.25, 0.3) is 0 Å². The molecule has 0 heterocycles. The second kappa shape index (κ2) is 7.12. The van der Waals surface area contributed by atoms with Crippen LogP contribution in [0.15, 0.2) is 22.7 Å². The lowest BCUT2D eigenvalue weighted by molar-refractivity contribution is 0.536. The van der Waals surface area contributed by atoms with Crippen molar-refractivity contribution in [2.75, 3.05) is 11.4 Å². The minimum Gasteiger partial charge on any atom is -0.368 e. The molecule has 0 spiro atoms. The van der Waals surface area contributed by atoms with Crippen molar-refractivity contribution in [2.24, 2.45) is 5.92 Å². The number of benzene rings is 1. The van der Waals surface area contributed by atoms with Crippen molar-refractivity contribution in [3.8, 4) is 0 Å². The van der Waals surface area contributed by atoms with E-state index in [2.05, 4.69) is 68.8 Å². The van der Waals surface area contributed by atoms with E-state index in [4.69, 9.17) is 0 Å². The minimum atomic E-state index is 0.704. The van der Waals surface area contributed by atoms with Crippen molar-refractivity contribution in [1.82, 2.24) is 0 Å².